The fourth-order valence-corrected chi connectivity index (χ4v) is 3.16. The summed E-state index contributed by atoms with van der Waals surface area (Å²) in [6, 6.07) is 1.77. The number of carbonyl (C=O) groups excluding carboxylic acids is 1. The molecule has 0 N–H and O–H groups in total. The van der Waals surface area contributed by atoms with Crippen LogP contribution in [-0.2, 0) is 11.3 Å². The quantitative estimate of drug-likeness (QED) is 0.826. The van der Waals surface area contributed by atoms with E-state index in [1.807, 2.05) is 25.7 Å². The van der Waals surface area contributed by atoms with Gasteiger partial charge in [0.2, 0.25) is 5.89 Å². The van der Waals surface area contributed by atoms with Crippen LogP contribution in [-0.4, -0.2) is 41.1 Å². The molecule has 25 heavy (non-hydrogen) atoms. The van der Waals surface area contributed by atoms with E-state index in [4.69, 9.17) is 13.7 Å². The molecule has 0 saturated carbocycles. The van der Waals surface area contributed by atoms with Crippen LogP contribution < -0.4 is 0 Å². The van der Waals surface area contributed by atoms with Gasteiger partial charge in [-0.1, -0.05) is 19.0 Å². The Morgan fingerprint density at radius 3 is 2.96 bits per heavy atom. The lowest BCUT2D eigenvalue weighted by Crippen LogP contribution is -2.39. The number of piperidine rings is 1. The molecule has 2 aromatic rings. The fourth-order valence-electron chi connectivity index (χ4n) is 3.16. The van der Waals surface area contributed by atoms with Crippen LogP contribution >= 0.6 is 0 Å². The molecule has 0 aliphatic carbocycles. The number of amides is 1. The first-order valence-corrected chi connectivity index (χ1v) is 8.70. The van der Waals surface area contributed by atoms with Gasteiger partial charge in [0.05, 0.1) is 5.56 Å². The number of carbonyl (C=O) groups is 1. The number of ether oxygens (including phenoxy) is 1. The van der Waals surface area contributed by atoms with Crippen LogP contribution in [0.15, 0.2) is 15.0 Å². The lowest BCUT2D eigenvalue weighted by atomic mass is 9.96. The summed E-state index contributed by atoms with van der Waals surface area (Å²) < 4.78 is 16.0. The van der Waals surface area contributed by atoms with Gasteiger partial charge in [0.15, 0.2) is 5.82 Å². The first-order chi connectivity index (χ1) is 12.0. The summed E-state index contributed by atoms with van der Waals surface area (Å²) in [5.41, 5.74) is 0.601. The zero-order valence-electron chi connectivity index (χ0n) is 15.2. The van der Waals surface area contributed by atoms with Crippen molar-refractivity contribution in [1.29, 1.82) is 0 Å². The molecule has 1 aliphatic rings. The van der Waals surface area contributed by atoms with Gasteiger partial charge in [0.1, 0.15) is 18.1 Å². The van der Waals surface area contributed by atoms with E-state index < -0.39 is 0 Å². The molecule has 1 amide bonds. The third-order valence-electron chi connectivity index (χ3n) is 4.51. The topological polar surface area (TPSA) is 81.6 Å². The van der Waals surface area contributed by atoms with E-state index in [2.05, 4.69) is 10.1 Å². The van der Waals surface area contributed by atoms with Crippen molar-refractivity contribution >= 4 is 5.91 Å². The molecule has 1 atom stereocenters. The zero-order valence-corrected chi connectivity index (χ0v) is 15.2. The molecule has 0 spiro atoms. The molecule has 2 aromatic heterocycles. The summed E-state index contributed by atoms with van der Waals surface area (Å²) in [4.78, 5) is 19.2. The third kappa shape index (κ3) is 3.76. The summed E-state index contributed by atoms with van der Waals surface area (Å²) in [6.07, 6.45) is 1.88. The Kier molecular flexibility index (Phi) is 5.22. The van der Waals surface area contributed by atoms with E-state index in [-0.39, 0.29) is 17.7 Å². The van der Waals surface area contributed by atoms with E-state index in [1.54, 1.807) is 13.2 Å². The van der Waals surface area contributed by atoms with Crippen LogP contribution in [0.2, 0.25) is 0 Å². The van der Waals surface area contributed by atoms with Gasteiger partial charge in [0.25, 0.3) is 5.91 Å². The standard InChI is InChI=1S/C18H25N3O4/c1-11(2)17-19-16(20-25-17)13-6-5-7-21(9-13)18(22)15-8-14(10-23-4)24-12(15)3/h8,11,13H,5-7,9-10H2,1-4H3/t13-/m0/s1. The minimum Gasteiger partial charge on any atom is -0.463 e. The van der Waals surface area contributed by atoms with Crippen molar-refractivity contribution < 1.29 is 18.5 Å². The molecule has 1 fully saturated rings. The number of hydrogen-bond acceptors (Lipinski definition) is 6. The molecule has 1 saturated heterocycles. The van der Waals surface area contributed by atoms with Crippen molar-refractivity contribution in [1.82, 2.24) is 15.0 Å². The maximum Gasteiger partial charge on any atom is 0.257 e. The second-order valence-electron chi connectivity index (χ2n) is 6.85. The van der Waals surface area contributed by atoms with Crippen LogP contribution in [0.1, 0.15) is 72.1 Å². The first-order valence-electron chi connectivity index (χ1n) is 8.70. The Hall–Kier alpha value is -2.15. The predicted molar refractivity (Wildman–Crippen MR) is 90.4 cm³/mol. The fraction of sp³-hybridized carbons (Fsp3) is 0.611. The number of nitrogens with zero attached hydrogens (tertiary/aromatic N) is 3. The minimum atomic E-state index is -0.0131. The smallest absolute Gasteiger partial charge is 0.257 e. The van der Waals surface area contributed by atoms with Gasteiger partial charge in [0, 0.05) is 32.0 Å². The second-order valence-corrected chi connectivity index (χ2v) is 6.85. The average Bonchev–Trinajstić information content (AvgIpc) is 3.22. The monoisotopic (exact) mass is 347 g/mol. The molecule has 0 aromatic carbocycles. The van der Waals surface area contributed by atoms with Crippen molar-refractivity contribution in [2.45, 2.75) is 52.1 Å². The molecule has 7 heteroatoms. The molecule has 136 valence electrons. The number of aromatic nitrogens is 2. The van der Waals surface area contributed by atoms with Crippen molar-refractivity contribution in [2.75, 3.05) is 20.2 Å². The van der Waals surface area contributed by atoms with Crippen molar-refractivity contribution in [3.8, 4) is 0 Å². The highest BCUT2D eigenvalue weighted by Gasteiger charge is 2.30. The molecular weight excluding hydrogens is 322 g/mol. The normalized spacial score (nSPS) is 18.1. The van der Waals surface area contributed by atoms with Crippen molar-refractivity contribution in [3.63, 3.8) is 0 Å². The van der Waals surface area contributed by atoms with Gasteiger partial charge < -0.3 is 18.6 Å². The summed E-state index contributed by atoms with van der Waals surface area (Å²) in [7, 11) is 1.60. The highest BCUT2D eigenvalue weighted by Crippen LogP contribution is 2.28. The first kappa shape index (κ1) is 17.7. The van der Waals surface area contributed by atoms with Crippen LogP contribution in [0.25, 0.3) is 0 Å². The van der Waals surface area contributed by atoms with Crippen molar-refractivity contribution in [2.24, 2.45) is 0 Å². The summed E-state index contributed by atoms with van der Waals surface area (Å²) in [6.45, 7) is 7.54. The van der Waals surface area contributed by atoms with Gasteiger partial charge >= 0.3 is 0 Å². The van der Waals surface area contributed by atoms with Crippen LogP contribution in [0.5, 0.6) is 0 Å². The summed E-state index contributed by atoms with van der Waals surface area (Å²) in [5.74, 6) is 2.94. The SMILES string of the molecule is COCc1cc(C(=O)N2CCC[C@H](c3noc(C(C)C)n3)C2)c(C)o1. The average molecular weight is 347 g/mol. The van der Waals surface area contributed by atoms with E-state index in [9.17, 15) is 4.79 Å². The Balaban J connectivity index is 1.73. The van der Waals surface area contributed by atoms with Gasteiger partial charge in [-0.15, -0.1) is 0 Å². The van der Waals surface area contributed by atoms with Gasteiger partial charge in [-0.05, 0) is 25.8 Å². The molecule has 0 unspecified atom stereocenters. The number of aryl methyl sites for hydroxylation is 1. The predicted octanol–water partition coefficient (Wildman–Crippen LogP) is 3.26. The van der Waals surface area contributed by atoms with Gasteiger partial charge in [-0.3, -0.25) is 4.79 Å². The molecule has 0 bridgehead atoms. The summed E-state index contributed by atoms with van der Waals surface area (Å²) >= 11 is 0. The second kappa shape index (κ2) is 7.39. The zero-order chi connectivity index (χ0) is 18.0. The van der Waals surface area contributed by atoms with Gasteiger partial charge in [-0.25, -0.2) is 0 Å². The minimum absolute atomic E-state index is 0.0131. The van der Waals surface area contributed by atoms with E-state index in [0.717, 1.165) is 19.4 Å². The number of hydrogen-bond donors (Lipinski definition) is 0. The van der Waals surface area contributed by atoms with Crippen LogP contribution in [0.3, 0.4) is 0 Å². The van der Waals surface area contributed by atoms with E-state index in [1.165, 1.54) is 0 Å². The molecule has 3 heterocycles. The Labute approximate surface area is 147 Å². The maximum absolute atomic E-state index is 12.9. The lowest BCUT2D eigenvalue weighted by molar-refractivity contribution is 0.0702. The van der Waals surface area contributed by atoms with Crippen LogP contribution in [0.4, 0.5) is 0 Å². The molecular formula is C18H25N3O4. The largest absolute Gasteiger partial charge is 0.463 e. The molecule has 3 rings (SSSR count). The van der Waals surface area contributed by atoms with Crippen molar-refractivity contribution in [3.05, 3.63) is 34.9 Å². The van der Waals surface area contributed by atoms with E-state index >= 15 is 0 Å². The number of likely N-dealkylation sites (tertiary alicyclic amines) is 1. The summed E-state index contributed by atoms with van der Waals surface area (Å²) in [5, 5.41) is 4.11. The van der Waals surface area contributed by atoms with E-state index in [0.29, 0.717) is 42.0 Å². The maximum atomic E-state index is 12.9. The Bertz CT molecular complexity index is 735. The lowest BCUT2D eigenvalue weighted by Gasteiger charge is -2.31. The van der Waals surface area contributed by atoms with Crippen LogP contribution in [0, 0.1) is 6.92 Å². The highest BCUT2D eigenvalue weighted by atomic mass is 16.5. The number of methoxy groups -OCH3 is 1. The third-order valence-corrected chi connectivity index (χ3v) is 4.51. The Morgan fingerprint density at radius 2 is 2.28 bits per heavy atom. The number of furan rings is 1. The Morgan fingerprint density at radius 1 is 1.48 bits per heavy atom. The molecule has 7 nitrogen and oxygen atoms in total. The number of rotatable bonds is 5. The highest BCUT2D eigenvalue weighted by molar-refractivity contribution is 5.95. The molecule has 1 aliphatic heterocycles. The molecule has 0 radical (unpaired) electrons. The van der Waals surface area contributed by atoms with Gasteiger partial charge in [-0.2, -0.15) is 4.98 Å².